The van der Waals surface area contributed by atoms with Crippen LogP contribution in [0.25, 0.3) is 0 Å². The van der Waals surface area contributed by atoms with Crippen LogP contribution in [0.3, 0.4) is 0 Å². The highest BCUT2D eigenvalue weighted by atomic mass is 16.5. The van der Waals surface area contributed by atoms with Gasteiger partial charge in [-0.15, -0.1) is 0 Å². The standard InChI is InChI=1S/C12H26O3/c1-6-8-14-11(2)10-15-12(3,4)7-9-13-5/h11H,6-10H2,1-5H3. The molecule has 3 heteroatoms. The van der Waals surface area contributed by atoms with E-state index in [0.29, 0.717) is 6.61 Å². The van der Waals surface area contributed by atoms with E-state index in [0.717, 1.165) is 26.1 Å². The van der Waals surface area contributed by atoms with Crippen LogP contribution in [0, 0.1) is 0 Å². The highest BCUT2D eigenvalue weighted by molar-refractivity contribution is 4.68. The van der Waals surface area contributed by atoms with Gasteiger partial charge in [0.25, 0.3) is 0 Å². The fourth-order valence-electron chi connectivity index (χ4n) is 1.13. The summed E-state index contributed by atoms with van der Waals surface area (Å²) in [6.07, 6.45) is 2.13. The Morgan fingerprint density at radius 2 is 1.87 bits per heavy atom. The zero-order valence-electron chi connectivity index (χ0n) is 10.8. The highest BCUT2D eigenvalue weighted by Crippen LogP contribution is 2.15. The minimum atomic E-state index is -0.125. The summed E-state index contributed by atoms with van der Waals surface area (Å²) in [4.78, 5) is 0. The van der Waals surface area contributed by atoms with E-state index in [4.69, 9.17) is 14.2 Å². The second-order valence-corrected chi connectivity index (χ2v) is 4.49. The Labute approximate surface area is 94.1 Å². The molecule has 15 heavy (non-hydrogen) atoms. The van der Waals surface area contributed by atoms with E-state index >= 15 is 0 Å². The van der Waals surface area contributed by atoms with Crippen molar-refractivity contribution in [3.8, 4) is 0 Å². The lowest BCUT2D eigenvalue weighted by Gasteiger charge is -2.26. The summed E-state index contributed by atoms with van der Waals surface area (Å²) in [6, 6.07) is 0. The topological polar surface area (TPSA) is 27.7 Å². The van der Waals surface area contributed by atoms with Gasteiger partial charge in [-0.05, 0) is 33.6 Å². The van der Waals surface area contributed by atoms with Gasteiger partial charge in [0.2, 0.25) is 0 Å². The summed E-state index contributed by atoms with van der Waals surface area (Å²) < 4.78 is 16.4. The molecule has 3 nitrogen and oxygen atoms in total. The van der Waals surface area contributed by atoms with Gasteiger partial charge in [0.1, 0.15) is 0 Å². The van der Waals surface area contributed by atoms with Crippen molar-refractivity contribution in [3.05, 3.63) is 0 Å². The molecule has 1 unspecified atom stereocenters. The molecule has 0 N–H and O–H groups in total. The summed E-state index contributed by atoms with van der Waals surface area (Å²) in [5, 5.41) is 0. The largest absolute Gasteiger partial charge is 0.385 e. The third-order valence-electron chi connectivity index (χ3n) is 2.22. The molecular formula is C12H26O3. The van der Waals surface area contributed by atoms with E-state index in [1.807, 2.05) is 6.92 Å². The van der Waals surface area contributed by atoms with Gasteiger partial charge in [-0.1, -0.05) is 6.92 Å². The zero-order valence-corrected chi connectivity index (χ0v) is 10.8. The molecule has 0 bridgehead atoms. The van der Waals surface area contributed by atoms with Crippen LogP contribution in [0.2, 0.25) is 0 Å². The number of ether oxygens (including phenoxy) is 3. The molecule has 0 heterocycles. The van der Waals surface area contributed by atoms with Crippen LogP contribution >= 0.6 is 0 Å². The molecule has 0 aliphatic heterocycles. The second-order valence-electron chi connectivity index (χ2n) is 4.49. The van der Waals surface area contributed by atoms with Crippen molar-refractivity contribution in [2.75, 3.05) is 26.9 Å². The average molecular weight is 218 g/mol. The molecule has 0 aliphatic rings. The van der Waals surface area contributed by atoms with Gasteiger partial charge < -0.3 is 14.2 Å². The fourth-order valence-corrected chi connectivity index (χ4v) is 1.13. The molecule has 92 valence electrons. The van der Waals surface area contributed by atoms with Crippen molar-refractivity contribution < 1.29 is 14.2 Å². The van der Waals surface area contributed by atoms with Gasteiger partial charge in [-0.3, -0.25) is 0 Å². The lowest BCUT2D eigenvalue weighted by Crippen LogP contribution is -2.30. The first-order valence-corrected chi connectivity index (χ1v) is 5.76. The van der Waals surface area contributed by atoms with Gasteiger partial charge in [0.15, 0.2) is 0 Å². The molecule has 0 aromatic rings. The van der Waals surface area contributed by atoms with Crippen LogP contribution in [0.4, 0.5) is 0 Å². The first kappa shape index (κ1) is 14.9. The maximum atomic E-state index is 5.79. The first-order chi connectivity index (χ1) is 7.02. The smallest absolute Gasteiger partial charge is 0.0780 e. The summed E-state index contributed by atoms with van der Waals surface area (Å²) in [5.41, 5.74) is -0.125. The molecule has 0 aliphatic carbocycles. The predicted molar refractivity (Wildman–Crippen MR) is 62.2 cm³/mol. The molecule has 0 saturated carbocycles. The molecule has 0 fully saturated rings. The second kappa shape index (κ2) is 8.08. The van der Waals surface area contributed by atoms with Crippen molar-refractivity contribution in [3.63, 3.8) is 0 Å². The number of rotatable bonds is 9. The van der Waals surface area contributed by atoms with E-state index in [9.17, 15) is 0 Å². The predicted octanol–water partition coefficient (Wildman–Crippen LogP) is 2.63. The van der Waals surface area contributed by atoms with Crippen molar-refractivity contribution in [1.29, 1.82) is 0 Å². The van der Waals surface area contributed by atoms with Gasteiger partial charge >= 0.3 is 0 Å². The van der Waals surface area contributed by atoms with E-state index < -0.39 is 0 Å². The van der Waals surface area contributed by atoms with E-state index in [2.05, 4.69) is 20.8 Å². The Balaban J connectivity index is 3.62. The van der Waals surface area contributed by atoms with Gasteiger partial charge in [0.05, 0.1) is 18.3 Å². The van der Waals surface area contributed by atoms with Crippen molar-refractivity contribution >= 4 is 0 Å². The number of hydrogen-bond acceptors (Lipinski definition) is 3. The number of methoxy groups -OCH3 is 1. The van der Waals surface area contributed by atoms with Gasteiger partial charge in [0, 0.05) is 20.3 Å². The minimum Gasteiger partial charge on any atom is -0.385 e. The highest BCUT2D eigenvalue weighted by Gasteiger charge is 2.19. The van der Waals surface area contributed by atoms with Crippen molar-refractivity contribution in [2.24, 2.45) is 0 Å². The summed E-state index contributed by atoms with van der Waals surface area (Å²) in [5.74, 6) is 0. The van der Waals surface area contributed by atoms with E-state index in [-0.39, 0.29) is 11.7 Å². The van der Waals surface area contributed by atoms with Crippen LogP contribution < -0.4 is 0 Å². The Bertz CT molecular complexity index is 146. The summed E-state index contributed by atoms with van der Waals surface area (Å²) >= 11 is 0. The molecule has 1 atom stereocenters. The van der Waals surface area contributed by atoms with E-state index in [1.165, 1.54) is 0 Å². The third-order valence-corrected chi connectivity index (χ3v) is 2.22. The molecule has 0 amide bonds. The summed E-state index contributed by atoms with van der Waals surface area (Å²) in [6.45, 7) is 10.5. The molecule has 0 saturated heterocycles. The first-order valence-electron chi connectivity index (χ1n) is 5.76. The SMILES string of the molecule is CCCOC(C)COC(C)(C)CCOC. The van der Waals surface area contributed by atoms with Gasteiger partial charge in [-0.25, -0.2) is 0 Å². The van der Waals surface area contributed by atoms with Crippen molar-refractivity contribution in [1.82, 2.24) is 0 Å². The normalized spacial score (nSPS) is 14.2. The van der Waals surface area contributed by atoms with Crippen LogP contribution in [0.15, 0.2) is 0 Å². The molecule has 0 spiro atoms. The van der Waals surface area contributed by atoms with Crippen LogP contribution in [0.1, 0.15) is 40.5 Å². The van der Waals surface area contributed by atoms with Crippen LogP contribution in [0.5, 0.6) is 0 Å². The Morgan fingerprint density at radius 3 is 2.40 bits per heavy atom. The third kappa shape index (κ3) is 8.85. The average Bonchev–Trinajstić information content (AvgIpc) is 2.21. The van der Waals surface area contributed by atoms with E-state index in [1.54, 1.807) is 7.11 Å². The number of hydrogen-bond donors (Lipinski definition) is 0. The quantitative estimate of drug-likeness (QED) is 0.595. The lowest BCUT2D eigenvalue weighted by molar-refractivity contribution is -0.0841. The minimum absolute atomic E-state index is 0.125. The summed E-state index contributed by atoms with van der Waals surface area (Å²) in [7, 11) is 1.71. The molecule has 0 aromatic carbocycles. The Kier molecular flexibility index (Phi) is 8.02. The molecule has 0 rings (SSSR count). The fraction of sp³-hybridized carbons (Fsp3) is 1.00. The Hall–Kier alpha value is -0.120. The zero-order chi connectivity index (χ0) is 11.7. The van der Waals surface area contributed by atoms with Crippen molar-refractivity contribution in [2.45, 2.75) is 52.2 Å². The monoisotopic (exact) mass is 218 g/mol. The molecule has 0 aromatic heterocycles. The molecular weight excluding hydrogens is 192 g/mol. The maximum Gasteiger partial charge on any atom is 0.0780 e. The maximum absolute atomic E-state index is 5.79. The van der Waals surface area contributed by atoms with Crippen LogP contribution in [-0.4, -0.2) is 38.6 Å². The lowest BCUT2D eigenvalue weighted by atomic mass is 10.1. The van der Waals surface area contributed by atoms with Gasteiger partial charge in [-0.2, -0.15) is 0 Å². The van der Waals surface area contributed by atoms with Crippen LogP contribution in [-0.2, 0) is 14.2 Å². The Morgan fingerprint density at radius 1 is 1.20 bits per heavy atom. The molecule has 0 radical (unpaired) electrons.